The number of carbonyl (C=O) groups excluding carboxylic acids is 1. The van der Waals surface area contributed by atoms with Crippen LogP contribution in [0.4, 0.5) is 0 Å². The van der Waals surface area contributed by atoms with Gasteiger partial charge in [-0.05, 0) is 108 Å². The summed E-state index contributed by atoms with van der Waals surface area (Å²) in [6.07, 6.45) is 13.1. The molecule has 7 aliphatic rings. The van der Waals surface area contributed by atoms with Crippen molar-refractivity contribution in [3.05, 3.63) is 34.9 Å². The van der Waals surface area contributed by atoms with Gasteiger partial charge in [0.15, 0.2) is 5.79 Å². The van der Waals surface area contributed by atoms with E-state index in [0.29, 0.717) is 37.5 Å². The van der Waals surface area contributed by atoms with Crippen LogP contribution in [-0.4, -0.2) is 70.0 Å². The second-order valence-electron chi connectivity index (χ2n) is 17.9. The highest BCUT2D eigenvalue weighted by Crippen LogP contribution is 2.56. The standard InChI is InChI=1S/C42H63NO7/c1-25-9-8-10-37-40(23-28(4)29(5)24-43-37)15-13-33(36-21-27(3)38(45)47-36)30(6)34(40)20-26(2)35(44)22-32-12-16-41(48-32)17-18-42(50-41)39(7,46)14-11-31(19-25)49-42/h20,27-29,31-32,34-36,44,46H,1,8-19,21-24H2,2-7H3/b26-20+/t27-,28-,29-,31-,32-,34-,35-,36-,39+,40+,41+,42+/m0/s1. The van der Waals surface area contributed by atoms with Crippen molar-refractivity contribution in [3.8, 4) is 0 Å². The summed E-state index contributed by atoms with van der Waals surface area (Å²) in [6.45, 7) is 18.2. The van der Waals surface area contributed by atoms with E-state index in [-0.39, 0.29) is 41.5 Å². The summed E-state index contributed by atoms with van der Waals surface area (Å²) in [4.78, 5) is 18.0. The molecule has 8 heteroatoms. The van der Waals surface area contributed by atoms with E-state index < -0.39 is 23.3 Å². The summed E-state index contributed by atoms with van der Waals surface area (Å²) >= 11 is 0. The number of fused-ring (bicyclic) bond motifs is 2. The maximum absolute atomic E-state index is 12.6. The van der Waals surface area contributed by atoms with E-state index in [1.165, 1.54) is 22.4 Å². The van der Waals surface area contributed by atoms with Crippen LogP contribution < -0.4 is 0 Å². The molecule has 8 nitrogen and oxygen atoms in total. The minimum absolute atomic E-state index is 0.0519. The molecule has 3 spiro atoms. The molecule has 0 saturated carbocycles. The lowest BCUT2D eigenvalue weighted by atomic mass is 9.56. The Kier molecular flexibility index (Phi) is 9.89. The van der Waals surface area contributed by atoms with Gasteiger partial charge in [-0.1, -0.05) is 44.6 Å². The fourth-order valence-electron chi connectivity index (χ4n) is 10.7. The zero-order chi connectivity index (χ0) is 35.6. The summed E-state index contributed by atoms with van der Waals surface area (Å²) in [7, 11) is 0. The van der Waals surface area contributed by atoms with Crippen LogP contribution in [0, 0.1) is 29.1 Å². The van der Waals surface area contributed by atoms with E-state index in [2.05, 4.69) is 40.3 Å². The molecule has 4 bridgehead atoms. The molecule has 6 aliphatic heterocycles. The van der Waals surface area contributed by atoms with Crippen molar-refractivity contribution in [1.29, 1.82) is 0 Å². The van der Waals surface area contributed by atoms with Crippen molar-refractivity contribution in [1.82, 2.24) is 0 Å². The Morgan fingerprint density at radius 3 is 2.48 bits per heavy atom. The minimum Gasteiger partial charge on any atom is -0.458 e. The monoisotopic (exact) mass is 693 g/mol. The number of hydrogen-bond acceptors (Lipinski definition) is 8. The van der Waals surface area contributed by atoms with Gasteiger partial charge in [0.1, 0.15) is 11.7 Å². The van der Waals surface area contributed by atoms with Crippen LogP contribution in [0.5, 0.6) is 0 Å². The number of cyclic esters (lactones) is 1. The van der Waals surface area contributed by atoms with Crippen molar-refractivity contribution in [2.24, 2.45) is 34.1 Å². The zero-order valence-electron chi connectivity index (χ0n) is 31.6. The molecule has 2 N–H and O–H groups in total. The Morgan fingerprint density at radius 2 is 1.72 bits per heavy atom. The Balaban J connectivity index is 1.26. The lowest BCUT2D eigenvalue weighted by Crippen LogP contribution is -2.60. The lowest BCUT2D eigenvalue weighted by Gasteiger charge is -2.49. The van der Waals surface area contributed by atoms with Crippen LogP contribution in [0.3, 0.4) is 0 Å². The first-order chi connectivity index (χ1) is 23.6. The highest BCUT2D eigenvalue weighted by molar-refractivity contribution is 5.92. The number of allylic oxidation sites excluding steroid dienone is 2. The van der Waals surface area contributed by atoms with Crippen LogP contribution >= 0.6 is 0 Å². The van der Waals surface area contributed by atoms with E-state index in [9.17, 15) is 15.0 Å². The van der Waals surface area contributed by atoms with Gasteiger partial charge in [0.05, 0.1) is 24.2 Å². The van der Waals surface area contributed by atoms with Gasteiger partial charge in [0.2, 0.25) is 5.79 Å². The quantitative estimate of drug-likeness (QED) is 0.212. The van der Waals surface area contributed by atoms with Crippen molar-refractivity contribution in [2.45, 2.75) is 179 Å². The molecular formula is C42H63NO7. The van der Waals surface area contributed by atoms with Crippen LogP contribution in [-0.2, 0) is 23.7 Å². The van der Waals surface area contributed by atoms with Crippen LogP contribution in [0.25, 0.3) is 0 Å². The van der Waals surface area contributed by atoms with Crippen LogP contribution in [0.15, 0.2) is 39.9 Å². The fraction of sp³-hybridized carbons (Fsp3) is 0.810. The molecule has 0 radical (unpaired) electrons. The maximum atomic E-state index is 12.6. The third-order valence-corrected chi connectivity index (χ3v) is 14.3. The lowest BCUT2D eigenvalue weighted by molar-refractivity contribution is -0.387. The van der Waals surface area contributed by atoms with Crippen LogP contribution in [0.1, 0.15) is 138 Å². The van der Waals surface area contributed by atoms with E-state index in [1.807, 2.05) is 13.8 Å². The second-order valence-corrected chi connectivity index (χ2v) is 17.9. The van der Waals surface area contributed by atoms with Gasteiger partial charge in [0, 0.05) is 55.7 Å². The number of hydrogen-bond donors (Lipinski definition) is 2. The molecule has 0 amide bonds. The van der Waals surface area contributed by atoms with Crippen molar-refractivity contribution < 1.29 is 34.0 Å². The molecule has 7 rings (SSSR count). The summed E-state index contributed by atoms with van der Waals surface area (Å²) < 4.78 is 26.2. The zero-order valence-corrected chi connectivity index (χ0v) is 31.6. The Hall–Kier alpha value is -1.84. The number of rotatable bonds is 1. The van der Waals surface area contributed by atoms with E-state index in [1.54, 1.807) is 0 Å². The van der Waals surface area contributed by atoms with Crippen molar-refractivity contribution in [3.63, 3.8) is 0 Å². The molecule has 0 aromatic heterocycles. The number of carbonyl (C=O) groups is 1. The smallest absolute Gasteiger partial charge is 0.309 e. The van der Waals surface area contributed by atoms with Crippen LogP contribution in [0.2, 0.25) is 0 Å². The molecular weight excluding hydrogens is 630 g/mol. The Bertz CT molecular complexity index is 1450. The maximum Gasteiger partial charge on any atom is 0.309 e. The summed E-state index contributed by atoms with van der Waals surface area (Å²) in [5.74, 6) is -1.04. The Labute approximate surface area is 300 Å². The number of nitrogens with zero attached hydrogens (tertiary/aromatic N) is 1. The molecule has 12 atom stereocenters. The molecule has 0 aromatic carbocycles. The molecule has 4 fully saturated rings. The Morgan fingerprint density at radius 1 is 0.940 bits per heavy atom. The normalized spacial score (nSPS) is 48.6. The summed E-state index contributed by atoms with van der Waals surface area (Å²) in [5, 5.41) is 23.4. The molecule has 1 aliphatic carbocycles. The number of aliphatic hydroxyl groups excluding tert-OH is 1. The summed E-state index contributed by atoms with van der Waals surface area (Å²) in [5.41, 5.74) is 4.73. The van der Waals surface area contributed by atoms with Gasteiger partial charge >= 0.3 is 5.97 Å². The molecule has 6 heterocycles. The number of aliphatic hydroxyl groups is 2. The molecule has 0 unspecified atom stereocenters. The average Bonchev–Trinajstić information content (AvgIpc) is 3.71. The molecule has 0 aromatic rings. The van der Waals surface area contributed by atoms with Gasteiger partial charge in [-0.3, -0.25) is 9.79 Å². The minimum atomic E-state index is -1.11. The topological polar surface area (TPSA) is 107 Å². The molecule has 278 valence electrons. The number of ether oxygens (including phenoxy) is 4. The van der Waals surface area contributed by atoms with Gasteiger partial charge < -0.3 is 29.2 Å². The molecule has 4 saturated heterocycles. The SMILES string of the molecule is C=C1CCCC2=NC[C@H](C)[C@@H](C)C[C@@]23CCC([C@@H]2C[C@H](C)C(=O)O2)=C(C)[C@@H]3/C=C(\C)[C@@H](O)C[C@@H]2CC[C@@]3(CC[C@@]4(O[C@@H](CC[C@@]4(C)O)C1)O3)O2. The van der Waals surface area contributed by atoms with Gasteiger partial charge in [-0.25, -0.2) is 0 Å². The predicted octanol–water partition coefficient (Wildman–Crippen LogP) is 7.91. The second kappa shape index (κ2) is 13.5. The van der Waals surface area contributed by atoms with Crippen molar-refractivity contribution in [2.75, 3.05) is 6.54 Å². The summed E-state index contributed by atoms with van der Waals surface area (Å²) in [6, 6.07) is 0. The third-order valence-electron chi connectivity index (χ3n) is 14.3. The largest absolute Gasteiger partial charge is 0.458 e. The number of aliphatic imine (C=N–C) groups is 1. The van der Waals surface area contributed by atoms with Crippen molar-refractivity contribution >= 4 is 11.7 Å². The third kappa shape index (κ3) is 6.52. The predicted molar refractivity (Wildman–Crippen MR) is 193 cm³/mol. The van der Waals surface area contributed by atoms with E-state index in [4.69, 9.17) is 23.9 Å². The first kappa shape index (κ1) is 36.5. The molecule has 50 heavy (non-hydrogen) atoms. The van der Waals surface area contributed by atoms with E-state index >= 15 is 0 Å². The fourth-order valence-corrected chi connectivity index (χ4v) is 10.7. The first-order valence-corrected chi connectivity index (χ1v) is 19.9. The van der Waals surface area contributed by atoms with Gasteiger partial charge in [-0.2, -0.15) is 0 Å². The highest BCUT2D eigenvalue weighted by atomic mass is 16.8. The number of esters is 1. The van der Waals surface area contributed by atoms with E-state index in [0.717, 1.165) is 82.7 Å². The average molecular weight is 694 g/mol. The highest BCUT2D eigenvalue weighted by Gasteiger charge is 2.64. The van der Waals surface area contributed by atoms with Gasteiger partial charge in [0.25, 0.3) is 0 Å². The first-order valence-electron chi connectivity index (χ1n) is 19.9. The van der Waals surface area contributed by atoms with Gasteiger partial charge in [-0.15, -0.1) is 0 Å².